The second kappa shape index (κ2) is 4.35. The average Bonchev–Trinajstić information content (AvgIpc) is 2.72. The molecule has 0 fully saturated rings. The van der Waals surface area contributed by atoms with E-state index in [-0.39, 0.29) is 4.58 Å². The fraction of sp³-hybridized carbons (Fsp3) is 0.0769. The van der Waals surface area contributed by atoms with Crippen LogP contribution in [0.5, 0.6) is 0 Å². The van der Waals surface area contributed by atoms with E-state index in [1.54, 1.807) is 23.5 Å². The van der Waals surface area contributed by atoms with Crippen LogP contribution in [-0.2, 0) is 0 Å². The Morgan fingerprint density at radius 3 is 2.12 bits per heavy atom. The monoisotopic (exact) mass is 266 g/mol. The molecule has 0 amide bonds. The molecule has 0 nitrogen and oxygen atoms in total. The van der Waals surface area contributed by atoms with E-state index in [0.717, 1.165) is 15.9 Å². The zero-order valence-electron chi connectivity index (χ0n) is 8.69. The first-order valence-corrected chi connectivity index (χ1v) is 6.87. The van der Waals surface area contributed by atoms with Crippen LogP contribution in [0.15, 0.2) is 52.3 Å². The maximum atomic E-state index is 13.7. The number of thioether (sulfide) groups is 2. The van der Waals surface area contributed by atoms with Crippen molar-refractivity contribution in [3.8, 4) is 0 Å². The molecule has 0 saturated heterocycles. The lowest BCUT2D eigenvalue weighted by Gasteiger charge is -2.09. The lowest BCUT2D eigenvalue weighted by atomic mass is 10.2. The van der Waals surface area contributed by atoms with Crippen molar-refractivity contribution in [1.29, 1.82) is 0 Å². The largest absolute Gasteiger partial charge is 0.207 e. The average molecular weight is 266 g/mol. The first-order chi connectivity index (χ1) is 8.24. The maximum absolute atomic E-state index is 13.7. The molecule has 0 saturated carbocycles. The number of hydrogen-bond donors (Lipinski definition) is 0. The minimum absolute atomic E-state index is 0.0204. The van der Waals surface area contributed by atoms with Crippen molar-refractivity contribution in [2.75, 3.05) is 0 Å². The van der Waals surface area contributed by atoms with Crippen LogP contribution in [0, 0.1) is 11.6 Å². The minimum atomic E-state index is -0.531. The Bertz CT molecular complexity index is 544. The van der Waals surface area contributed by atoms with Gasteiger partial charge < -0.3 is 0 Å². The molecular weight excluding hydrogens is 258 g/mol. The van der Waals surface area contributed by atoms with Crippen LogP contribution in [0.3, 0.4) is 0 Å². The summed E-state index contributed by atoms with van der Waals surface area (Å²) < 4.78 is 26.5. The Hall–Kier alpha value is -1.00. The SMILES string of the molecule is Fc1ccc(C2Sc3ccccc3S2)c(F)c1. The zero-order chi connectivity index (χ0) is 11.8. The van der Waals surface area contributed by atoms with Crippen LogP contribution in [0.25, 0.3) is 0 Å². The summed E-state index contributed by atoms with van der Waals surface area (Å²) in [7, 11) is 0. The van der Waals surface area contributed by atoms with Gasteiger partial charge in [-0.25, -0.2) is 8.78 Å². The van der Waals surface area contributed by atoms with Crippen LogP contribution in [0.1, 0.15) is 10.1 Å². The molecule has 0 bridgehead atoms. The molecule has 0 aromatic heterocycles. The summed E-state index contributed by atoms with van der Waals surface area (Å²) >= 11 is 3.22. The molecule has 2 aromatic carbocycles. The van der Waals surface area contributed by atoms with Gasteiger partial charge in [0.05, 0.1) is 4.58 Å². The smallest absolute Gasteiger partial charge is 0.131 e. The van der Waals surface area contributed by atoms with Crippen LogP contribution < -0.4 is 0 Å². The lowest BCUT2D eigenvalue weighted by Crippen LogP contribution is -1.91. The lowest BCUT2D eigenvalue weighted by molar-refractivity contribution is 0.576. The Morgan fingerprint density at radius 1 is 0.882 bits per heavy atom. The van der Waals surface area contributed by atoms with E-state index in [9.17, 15) is 8.78 Å². The van der Waals surface area contributed by atoms with Crippen molar-refractivity contribution in [3.05, 3.63) is 59.7 Å². The Kier molecular flexibility index (Phi) is 2.84. The van der Waals surface area contributed by atoms with Crippen molar-refractivity contribution < 1.29 is 8.78 Å². The molecular formula is C13H8F2S2. The van der Waals surface area contributed by atoms with Crippen LogP contribution in [0.2, 0.25) is 0 Å². The molecule has 1 aliphatic rings. The van der Waals surface area contributed by atoms with Gasteiger partial charge in [-0.05, 0) is 18.2 Å². The number of fused-ring (bicyclic) bond motifs is 1. The molecule has 17 heavy (non-hydrogen) atoms. The second-order valence-corrected chi connectivity index (χ2v) is 6.27. The van der Waals surface area contributed by atoms with Crippen molar-refractivity contribution in [2.45, 2.75) is 14.4 Å². The summed E-state index contributed by atoms with van der Waals surface area (Å²) in [6.07, 6.45) is 0. The van der Waals surface area contributed by atoms with E-state index in [4.69, 9.17) is 0 Å². The summed E-state index contributed by atoms with van der Waals surface area (Å²) in [5.41, 5.74) is 0.553. The van der Waals surface area contributed by atoms with E-state index in [2.05, 4.69) is 0 Å². The predicted octanol–water partition coefficient (Wildman–Crippen LogP) is 4.86. The van der Waals surface area contributed by atoms with Crippen LogP contribution >= 0.6 is 23.5 Å². The first kappa shape index (κ1) is 11.1. The van der Waals surface area contributed by atoms with Crippen LogP contribution in [0.4, 0.5) is 8.78 Å². The zero-order valence-corrected chi connectivity index (χ0v) is 10.3. The number of halogens is 2. The second-order valence-electron chi connectivity index (χ2n) is 3.68. The third kappa shape index (κ3) is 2.07. The first-order valence-electron chi connectivity index (χ1n) is 5.11. The van der Waals surface area contributed by atoms with E-state index in [1.807, 2.05) is 24.3 Å². The fourth-order valence-corrected chi connectivity index (χ4v) is 4.60. The van der Waals surface area contributed by atoms with Gasteiger partial charge in [0.1, 0.15) is 11.6 Å². The van der Waals surface area contributed by atoms with Gasteiger partial charge in [-0.1, -0.05) is 18.2 Å². The van der Waals surface area contributed by atoms with Crippen molar-refractivity contribution in [1.82, 2.24) is 0 Å². The van der Waals surface area contributed by atoms with Gasteiger partial charge >= 0.3 is 0 Å². The van der Waals surface area contributed by atoms with E-state index >= 15 is 0 Å². The maximum Gasteiger partial charge on any atom is 0.131 e. The highest BCUT2D eigenvalue weighted by atomic mass is 32.2. The molecule has 0 N–H and O–H groups in total. The summed E-state index contributed by atoms with van der Waals surface area (Å²) in [6, 6.07) is 11.8. The quantitative estimate of drug-likeness (QED) is 0.723. The molecule has 2 aromatic rings. The van der Waals surface area contributed by atoms with Crippen molar-refractivity contribution in [3.63, 3.8) is 0 Å². The van der Waals surface area contributed by atoms with Gasteiger partial charge in [0.25, 0.3) is 0 Å². The van der Waals surface area contributed by atoms with E-state index in [0.29, 0.717) is 5.56 Å². The van der Waals surface area contributed by atoms with E-state index in [1.165, 1.54) is 12.1 Å². The highest BCUT2D eigenvalue weighted by Gasteiger charge is 2.26. The molecule has 1 aliphatic heterocycles. The molecule has 0 atom stereocenters. The standard InChI is InChI=1S/C13H8F2S2/c14-8-5-6-9(10(15)7-8)13-16-11-3-1-2-4-12(11)17-13/h1-7,13H. The van der Waals surface area contributed by atoms with Gasteiger partial charge in [0.15, 0.2) is 0 Å². The molecule has 4 heteroatoms. The van der Waals surface area contributed by atoms with Gasteiger partial charge in [-0.15, -0.1) is 23.5 Å². The van der Waals surface area contributed by atoms with Gasteiger partial charge in [0.2, 0.25) is 0 Å². The Morgan fingerprint density at radius 2 is 1.53 bits per heavy atom. The fourth-order valence-electron chi connectivity index (χ4n) is 1.72. The van der Waals surface area contributed by atoms with Gasteiger partial charge in [-0.3, -0.25) is 0 Å². The topological polar surface area (TPSA) is 0 Å². The molecule has 86 valence electrons. The molecule has 0 spiro atoms. The number of benzene rings is 2. The molecule has 0 aliphatic carbocycles. The van der Waals surface area contributed by atoms with Crippen LogP contribution in [-0.4, -0.2) is 0 Å². The number of rotatable bonds is 1. The minimum Gasteiger partial charge on any atom is -0.207 e. The summed E-state index contributed by atoms with van der Waals surface area (Å²) in [4.78, 5) is 2.32. The van der Waals surface area contributed by atoms with E-state index < -0.39 is 11.6 Å². The Labute approximate surface area is 106 Å². The van der Waals surface area contributed by atoms with Crippen molar-refractivity contribution in [2.24, 2.45) is 0 Å². The highest BCUT2D eigenvalue weighted by Crippen LogP contribution is 2.56. The van der Waals surface area contributed by atoms with Gasteiger partial charge in [0, 0.05) is 21.4 Å². The summed E-state index contributed by atoms with van der Waals surface area (Å²) in [5, 5.41) is 0. The highest BCUT2D eigenvalue weighted by molar-refractivity contribution is 8.18. The normalized spacial score (nSPS) is 14.9. The molecule has 0 unspecified atom stereocenters. The molecule has 0 radical (unpaired) electrons. The third-order valence-corrected chi connectivity index (χ3v) is 5.40. The summed E-state index contributed by atoms with van der Waals surface area (Å²) in [5.74, 6) is -1.00. The predicted molar refractivity (Wildman–Crippen MR) is 67.3 cm³/mol. The third-order valence-electron chi connectivity index (χ3n) is 2.53. The Balaban J connectivity index is 1.94. The molecule has 1 heterocycles. The van der Waals surface area contributed by atoms with Crippen molar-refractivity contribution >= 4 is 23.5 Å². The number of hydrogen-bond acceptors (Lipinski definition) is 2. The molecule has 3 rings (SSSR count). The summed E-state index contributed by atoms with van der Waals surface area (Å²) in [6.45, 7) is 0. The van der Waals surface area contributed by atoms with Gasteiger partial charge in [-0.2, -0.15) is 0 Å².